The summed E-state index contributed by atoms with van der Waals surface area (Å²) in [6.07, 6.45) is 1.50. The van der Waals surface area contributed by atoms with Crippen molar-refractivity contribution in [2.45, 2.75) is 24.9 Å². The van der Waals surface area contributed by atoms with Crippen molar-refractivity contribution in [3.8, 4) is 0 Å². The van der Waals surface area contributed by atoms with Crippen molar-refractivity contribution in [2.24, 2.45) is 5.73 Å². The summed E-state index contributed by atoms with van der Waals surface area (Å²) >= 11 is 0. The summed E-state index contributed by atoms with van der Waals surface area (Å²) in [5, 5.41) is 19.5. The molecule has 1 unspecified atom stereocenters. The van der Waals surface area contributed by atoms with Crippen molar-refractivity contribution >= 4 is 39.3 Å². The second-order valence-corrected chi connectivity index (χ2v) is 12.1. The van der Waals surface area contributed by atoms with Gasteiger partial charge in [0, 0.05) is 55.1 Å². The molecule has 39 heavy (non-hydrogen) atoms. The van der Waals surface area contributed by atoms with Crippen LogP contribution >= 0.6 is 0 Å². The molecule has 2 atom stereocenters. The maximum absolute atomic E-state index is 13.7. The number of amides is 2. The fourth-order valence-corrected chi connectivity index (χ4v) is 6.01. The maximum Gasteiger partial charge on any atom is 0.335 e. The number of nitrogens with zero attached hydrogens (tertiary/aromatic N) is 3. The first-order valence-electron chi connectivity index (χ1n) is 12.4. The van der Waals surface area contributed by atoms with Crippen molar-refractivity contribution in [1.82, 2.24) is 14.1 Å². The maximum atomic E-state index is 13.7. The van der Waals surface area contributed by atoms with Crippen molar-refractivity contribution in [3.63, 3.8) is 0 Å². The third kappa shape index (κ3) is 6.10. The van der Waals surface area contributed by atoms with Crippen LogP contribution in [0.4, 0.5) is 5.69 Å². The highest BCUT2D eigenvalue weighted by atomic mass is 32.2. The number of rotatable bonds is 7. The first kappa shape index (κ1) is 28.2. The van der Waals surface area contributed by atoms with Crippen LogP contribution in [0.5, 0.6) is 0 Å². The largest absolute Gasteiger partial charge is 0.478 e. The second kappa shape index (κ2) is 10.8. The van der Waals surface area contributed by atoms with Crippen molar-refractivity contribution in [2.75, 3.05) is 44.3 Å². The fraction of sp³-hybridized carbons (Fsp3) is 0.385. The lowest BCUT2D eigenvalue weighted by Gasteiger charge is -2.43. The van der Waals surface area contributed by atoms with E-state index in [1.165, 1.54) is 39.7 Å². The molecule has 12 nitrogen and oxygen atoms in total. The van der Waals surface area contributed by atoms with Gasteiger partial charge in [-0.25, -0.2) is 13.2 Å². The van der Waals surface area contributed by atoms with Gasteiger partial charge in [0.25, 0.3) is 5.91 Å². The minimum atomic E-state index is -3.31. The predicted octanol–water partition coefficient (Wildman–Crippen LogP) is 0.858. The Labute approximate surface area is 226 Å². The van der Waals surface area contributed by atoms with E-state index in [2.05, 4.69) is 10.2 Å². The quantitative estimate of drug-likeness (QED) is 0.287. The number of hydrogen-bond donors (Lipinski definition) is 4. The highest BCUT2D eigenvalue weighted by Gasteiger charge is 2.50. The third-order valence-corrected chi connectivity index (χ3v) is 8.70. The molecular weight excluding hydrogens is 524 g/mol. The number of carboxylic acid groups (broad SMARTS) is 1. The zero-order valence-electron chi connectivity index (χ0n) is 21.8. The monoisotopic (exact) mass is 556 g/mol. The van der Waals surface area contributed by atoms with E-state index in [-0.39, 0.29) is 23.9 Å². The Balaban J connectivity index is 1.58. The minimum Gasteiger partial charge on any atom is -0.478 e. The number of amidine groups is 1. The highest BCUT2D eigenvalue weighted by Crippen LogP contribution is 2.35. The van der Waals surface area contributed by atoms with Crippen molar-refractivity contribution in [1.29, 1.82) is 5.41 Å². The molecule has 2 amide bonds. The lowest BCUT2D eigenvalue weighted by Crippen LogP contribution is -2.57. The Hall–Kier alpha value is -3.81. The molecule has 2 heterocycles. The zero-order chi connectivity index (χ0) is 28.5. The smallest absolute Gasteiger partial charge is 0.335 e. The number of nitrogens with one attached hydrogen (secondary N) is 2. The molecule has 0 spiro atoms. The average Bonchev–Trinajstić information content (AvgIpc) is 3.27. The Bertz CT molecular complexity index is 1390. The summed E-state index contributed by atoms with van der Waals surface area (Å²) in [4.78, 5) is 42.0. The van der Waals surface area contributed by atoms with Crippen LogP contribution in [0.25, 0.3) is 0 Å². The number of carboxylic acids is 1. The molecule has 2 aromatic rings. The minimum absolute atomic E-state index is 0.0838. The highest BCUT2D eigenvalue weighted by molar-refractivity contribution is 7.88. The van der Waals surface area contributed by atoms with Gasteiger partial charge in [0.15, 0.2) is 0 Å². The standard InChI is InChI=1S/C26H32N6O6S/c1-26(30-11-13-31(14-12-30)39(2,37)38)15-21(23(33)29-20-9-7-19(8-10-20)25(35)36)32(16-26)24(34)18-5-3-17(4-6-18)22(27)28/h3-10,21H,11-16H2,1-2H3,(H3,27,28)(H,29,33)(H,35,36)/t21?,26-/m0/s1. The van der Waals surface area contributed by atoms with Gasteiger partial charge >= 0.3 is 5.97 Å². The first-order valence-corrected chi connectivity index (χ1v) is 14.2. The third-order valence-electron chi connectivity index (χ3n) is 7.40. The van der Waals surface area contributed by atoms with Crippen molar-refractivity contribution < 1.29 is 27.9 Å². The first-order chi connectivity index (χ1) is 18.3. The number of sulfonamides is 1. The Morgan fingerprint density at radius 2 is 1.51 bits per heavy atom. The van der Waals surface area contributed by atoms with E-state index in [4.69, 9.17) is 16.2 Å². The normalized spacial score (nSPS) is 22.4. The fourth-order valence-electron chi connectivity index (χ4n) is 5.18. The van der Waals surface area contributed by atoms with Gasteiger partial charge in [0.1, 0.15) is 11.9 Å². The Kier molecular flexibility index (Phi) is 7.77. The van der Waals surface area contributed by atoms with Gasteiger partial charge in [-0.15, -0.1) is 0 Å². The number of anilines is 1. The molecule has 4 rings (SSSR count). The summed E-state index contributed by atoms with van der Waals surface area (Å²) in [6.45, 7) is 3.78. The molecule has 0 saturated carbocycles. The molecular formula is C26H32N6O6S. The molecule has 13 heteroatoms. The van der Waals surface area contributed by atoms with Gasteiger partial charge in [-0.3, -0.25) is 19.9 Å². The lowest BCUT2D eigenvalue weighted by atomic mass is 9.95. The summed E-state index contributed by atoms with van der Waals surface area (Å²) < 4.78 is 25.4. The molecule has 0 aromatic heterocycles. The molecule has 2 fully saturated rings. The van der Waals surface area contributed by atoms with E-state index >= 15 is 0 Å². The SMILES string of the molecule is C[C@]1(N2CCN(S(C)(=O)=O)CC2)CC(C(=O)Nc2ccc(C(=O)O)cc2)N(C(=O)c2ccc(C(=N)N)cc2)C1. The molecule has 2 saturated heterocycles. The van der Waals surface area contributed by atoms with Gasteiger partial charge in [0.2, 0.25) is 15.9 Å². The van der Waals surface area contributed by atoms with E-state index in [0.29, 0.717) is 49.4 Å². The molecule has 5 N–H and O–H groups in total. The van der Waals surface area contributed by atoms with E-state index in [1.807, 2.05) is 6.92 Å². The lowest BCUT2D eigenvalue weighted by molar-refractivity contribution is -0.119. The zero-order valence-corrected chi connectivity index (χ0v) is 22.6. The molecule has 0 aliphatic carbocycles. The molecule has 208 valence electrons. The van der Waals surface area contributed by atoms with E-state index in [1.54, 1.807) is 24.3 Å². The van der Waals surface area contributed by atoms with E-state index in [0.717, 1.165) is 0 Å². The van der Waals surface area contributed by atoms with Crippen molar-refractivity contribution in [3.05, 3.63) is 65.2 Å². The van der Waals surface area contributed by atoms with Crippen LogP contribution in [-0.4, -0.2) is 102 Å². The molecule has 0 radical (unpaired) electrons. The summed E-state index contributed by atoms with van der Waals surface area (Å²) in [5.41, 5.74) is 6.24. The Morgan fingerprint density at radius 3 is 2.03 bits per heavy atom. The topological polar surface area (TPSA) is 177 Å². The number of nitrogen functional groups attached to an aromatic ring is 1. The van der Waals surface area contributed by atoms with E-state index in [9.17, 15) is 22.8 Å². The number of aromatic carboxylic acids is 1. The van der Waals surface area contributed by atoms with Crippen LogP contribution in [0, 0.1) is 5.41 Å². The summed E-state index contributed by atoms with van der Waals surface area (Å²) in [5.74, 6) is -1.97. The predicted molar refractivity (Wildman–Crippen MR) is 145 cm³/mol. The number of hydrogen-bond acceptors (Lipinski definition) is 7. The number of benzene rings is 2. The van der Waals surface area contributed by atoms with Gasteiger partial charge in [-0.05, 0) is 49.7 Å². The average molecular weight is 557 g/mol. The van der Waals surface area contributed by atoms with Gasteiger partial charge in [0.05, 0.1) is 11.8 Å². The van der Waals surface area contributed by atoms with Gasteiger partial charge < -0.3 is 21.1 Å². The second-order valence-electron chi connectivity index (χ2n) is 10.2. The van der Waals surface area contributed by atoms with Crippen LogP contribution < -0.4 is 11.1 Å². The van der Waals surface area contributed by atoms with Gasteiger partial charge in [-0.1, -0.05) is 12.1 Å². The van der Waals surface area contributed by atoms with Crippen LogP contribution in [0.15, 0.2) is 48.5 Å². The molecule has 2 aliphatic rings. The molecule has 0 bridgehead atoms. The number of piperazine rings is 1. The number of likely N-dealkylation sites (tertiary alicyclic amines) is 1. The van der Waals surface area contributed by atoms with Crippen LogP contribution in [0.2, 0.25) is 0 Å². The van der Waals surface area contributed by atoms with Crippen LogP contribution in [-0.2, 0) is 14.8 Å². The van der Waals surface area contributed by atoms with E-state index < -0.39 is 33.5 Å². The van der Waals surface area contributed by atoms with Gasteiger partial charge in [-0.2, -0.15) is 4.31 Å². The molecule has 2 aliphatic heterocycles. The van der Waals surface area contributed by atoms with Crippen LogP contribution in [0.1, 0.15) is 39.6 Å². The Morgan fingerprint density at radius 1 is 0.974 bits per heavy atom. The number of carbonyl (C=O) groups is 3. The van der Waals surface area contributed by atoms with Crippen LogP contribution in [0.3, 0.4) is 0 Å². The number of nitrogens with two attached hydrogens (primary N) is 1. The number of carbonyl (C=O) groups excluding carboxylic acids is 2. The summed E-state index contributed by atoms with van der Waals surface area (Å²) in [7, 11) is -3.31. The molecule has 2 aromatic carbocycles. The summed E-state index contributed by atoms with van der Waals surface area (Å²) in [6, 6.07) is 11.2.